The van der Waals surface area contributed by atoms with E-state index in [9.17, 15) is 4.79 Å². The number of fused-ring (bicyclic) bond motifs is 1. The van der Waals surface area contributed by atoms with E-state index in [1.54, 1.807) is 12.1 Å². The molecule has 0 bridgehead atoms. The van der Waals surface area contributed by atoms with Gasteiger partial charge in [0.15, 0.2) is 0 Å². The summed E-state index contributed by atoms with van der Waals surface area (Å²) in [5.74, 6) is -0.348. The molecule has 5 nitrogen and oxygen atoms in total. The minimum absolute atomic E-state index is 0.0869. The molecular weight excluding hydrogens is 208 g/mol. The van der Waals surface area contributed by atoms with Crippen molar-refractivity contribution in [2.45, 2.75) is 0 Å². The van der Waals surface area contributed by atoms with E-state index in [0.717, 1.165) is 11.4 Å². The standard InChI is InChI=1S/C11H14N2O3/c1-16-11(15)8-2-3-9-10(6-8)13(4-5-14)7-12-9/h2-3,6,12,14H,4-5,7H2,1H3. The molecule has 0 atom stereocenters. The Kier molecular flexibility index (Phi) is 2.96. The van der Waals surface area contributed by atoms with Crippen molar-refractivity contribution in [2.24, 2.45) is 0 Å². The molecule has 0 radical (unpaired) electrons. The van der Waals surface area contributed by atoms with Gasteiger partial charge in [0, 0.05) is 6.54 Å². The SMILES string of the molecule is COC(=O)c1ccc2c(c1)N(CCO)CN2. The van der Waals surface area contributed by atoms with Gasteiger partial charge in [-0.3, -0.25) is 0 Å². The maximum absolute atomic E-state index is 11.4. The third-order valence-corrected chi connectivity index (χ3v) is 2.59. The van der Waals surface area contributed by atoms with Gasteiger partial charge in [0.05, 0.1) is 37.3 Å². The Labute approximate surface area is 93.6 Å². The lowest BCUT2D eigenvalue weighted by molar-refractivity contribution is 0.0601. The summed E-state index contributed by atoms with van der Waals surface area (Å²) in [4.78, 5) is 13.3. The molecule has 86 valence electrons. The Balaban J connectivity index is 2.29. The van der Waals surface area contributed by atoms with Gasteiger partial charge in [-0.1, -0.05) is 0 Å². The van der Waals surface area contributed by atoms with Gasteiger partial charge in [-0.05, 0) is 18.2 Å². The Morgan fingerprint density at radius 2 is 2.44 bits per heavy atom. The van der Waals surface area contributed by atoms with Crippen molar-refractivity contribution < 1.29 is 14.6 Å². The highest BCUT2D eigenvalue weighted by Gasteiger charge is 2.19. The fourth-order valence-electron chi connectivity index (χ4n) is 1.77. The number of β-amino-alcohol motifs (C(OH)–C–C–N with tert-alkyl or cyclic N) is 1. The molecule has 0 fully saturated rings. The summed E-state index contributed by atoms with van der Waals surface area (Å²) in [6, 6.07) is 5.34. The number of carbonyl (C=O) groups excluding carboxylic acids is 1. The summed E-state index contributed by atoms with van der Waals surface area (Å²) in [6.07, 6.45) is 0. The highest BCUT2D eigenvalue weighted by Crippen LogP contribution is 2.31. The molecule has 0 aromatic heterocycles. The molecule has 1 heterocycles. The first-order chi connectivity index (χ1) is 7.76. The number of anilines is 2. The van der Waals surface area contributed by atoms with Crippen LogP contribution in [0.2, 0.25) is 0 Å². The summed E-state index contributed by atoms with van der Waals surface area (Å²) in [6.45, 7) is 1.29. The van der Waals surface area contributed by atoms with E-state index >= 15 is 0 Å². The van der Waals surface area contributed by atoms with Crippen molar-refractivity contribution in [3.05, 3.63) is 23.8 Å². The second-order valence-electron chi connectivity index (χ2n) is 3.55. The molecule has 0 unspecified atom stereocenters. The third kappa shape index (κ3) is 1.81. The van der Waals surface area contributed by atoms with E-state index in [2.05, 4.69) is 10.1 Å². The smallest absolute Gasteiger partial charge is 0.337 e. The van der Waals surface area contributed by atoms with Gasteiger partial charge in [-0.15, -0.1) is 0 Å². The van der Waals surface area contributed by atoms with Crippen molar-refractivity contribution in [3.63, 3.8) is 0 Å². The number of nitrogens with one attached hydrogen (secondary N) is 1. The minimum Gasteiger partial charge on any atom is -0.465 e. The van der Waals surface area contributed by atoms with Crippen molar-refractivity contribution in [3.8, 4) is 0 Å². The number of methoxy groups -OCH3 is 1. The number of benzene rings is 1. The maximum Gasteiger partial charge on any atom is 0.337 e. The van der Waals surface area contributed by atoms with Crippen LogP contribution in [-0.4, -0.2) is 38.0 Å². The van der Waals surface area contributed by atoms with Crippen LogP contribution >= 0.6 is 0 Å². The molecule has 0 aliphatic carbocycles. The van der Waals surface area contributed by atoms with Gasteiger partial charge in [-0.2, -0.15) is 0 Å². The zero-order chi connectivity index (χ0) is 11.5. The molecule has 1 aromatic rings. The fraction of sp³-hybridized carbons (Fsp3) is 0.364. The zero-order valence-corrected chi connectivity index (χ0v) is 9.06. The average Bonchev–Trinajstić information content (AvgIpc) is 2.71. The quantitative estimate of drug-likeness (QED) is 0.735. The summed E-state index contributed by atoms with van der Waals surface area (Å²) < 4.78 is 4.66. The Morgan fingerprint density at radius 1 is 1.62 bits per heavy atom. The van der Waals surface area contributed by atoms with E-state index in [0.29, 0.717) is 18.8 Å². The number of aliphatic hydroxyl groups excluding tert-OH is 1. The van der Waals surface area contributed by atoms with Gasteiger partial charge in [0.25, 0.3) is 0 Å². The van der Waals surface area contributed by atoms with E-state index < -0.39 is 0 Å². The fourth-order valence-corrected chi connectivity index (χ4v) is 1.77. The maximum atomic E-state index is 11.4. The van der Waals surface area contributed by atoms with Gasteiger partial charge in [-0.25, -0.2) is 4.79 Å². The lowest BCUT2D eigenvalue weighted by atomic mass is 10.1. The van der Waals surface area contributed by atoms with Crippen LogP contribution in [0.25, 0.3) is 0 Å². The van der Waals surface area contributed by atoms with E-state index in [-0.39, 0.29) is 12.6 Å². The second-order valence-corrected chi connectivity index (χ2v) is 3.55. The molecule has 5 heteroatoms. The van der Waals surface area contributed by atoms with Crippen LogP contribution in [0.15, 0.2) is 18.2 Å². The van der Waals surface area contributed by atoms with Crippen molar-refractivity contribution in [1.82, 2.24) is 0 Å². The lowest BCUT2D eigenvalue weighted by Crippen LogP contribution is -2.26. The molecule has 2 N–H and O–H groups in total. The van der Waals surface area contributed by atoms with Gasteiger partial charge in [0.1, 0.15) is 0 Å². The van der Waals surface area contributed by atoms with Crippen LogP contribution in [0.1, 0.15) is 10.4 Å². The molecule has 0 spiro atoms. The molecule has 1 aliphatic heterocycles. The van der Waals surface area contributed by atoms with Gasteiger partial charge in [0.2, 0.25) is 0 Å². The molecule has 16 heavy (non-hydrogen) atoms. The highest BCUT2D eigenvalue weighted by molar-refractivity contribution is 5.93. The van der Waals surface area contributed by atoms with Crippen molar-refractivity contribution in [2.75, 3.05) is 37.1 Å². The number of nitrogens with zero attached hydrogens (tertiary/aromatic N) is 1. The van der Waals surface area contributed by atoms with Crippen LogP contribution in [0, 0.1) is 0 Å². The topological polar surface area (TPSA) is 61.8 Å². The monoisotopic (exact) mass is 222 g/mol. The Bertz CT molecular complexity index is 404. The van der Waals surface area contributed by atoms with Crippen LogP contribution in [-0.2, 0) is 4.74 Å². The number of hydrogen-bond acceptors (Lipinski definition) is 5. The van der Waals surface area contributed by atoms with Crippen LogP contribution in [0.4, 0.5) is 11.4 Å². The highest BCUT2D eigenvalue weighted by atomic mass is 16.5. The van der Waals surface area contributed by atoms with Crippen molar-refractivity contribution >= 4 is 17.3 Å². The second kappa shape index (κ2) is 4.40. The van der Waals surface area contributed by atoms with Gasteiger partial charge >= 0.3 is 5.97 Å². The number of esters is 1. The molecule has 0 saturated heterocycles. The number of hydrogen-bond donors (Lipinski definition) is 2. The summed E-state index contributed by atoms with van der Waals surface area (Å²) in [7, 11) is 1.36. The van der Waals surface area contributed by atoms with E-state index in [1.165, 1.54) is 7.11 Å². The Morgan fingerprint density at radius 3 is 3.12 bits per heavy atom. The largest absolute Gasteiger partial charge is 0.465 e. The number of ether oxygens (including phenoxy) is 1. The first-order valence-corrected chi connectivity index (χ1v) is 5.08. The average molecular weight is 222 g/mol. The Hall–Kier alpha value is -1.75. The lowest BCUT2D eigenvalue weighted by Gasteiger charge is -2.16. The molecule has 0 amide bonds. The van der Waals surface area contributed by atoms with Crippen LogP contribution in [0.3, 0.4) is 0 Å². The summed E-state index contributed by atoms with van der Waals surface area (Å²) >= 11 is 0. The number of rotatable bonds is 3. The minimum atomic E-state index is -0.348. The predicted octanol–water partition coefficient (Wildman–Crippen LogP) is 0.655. The third-order valence-electron chi connectivity index (χ3n) is 2.59. The molecule has 0 saturated carbocycles. The summed E-state index contributed by atoms with van der Waals surface area (Å²) in [5, 5.41) is 12.1. The molecular formula is C11H14N2O3. The number of carbonyl (C=O) groups is 1. The first-order valence-electron chi connectivity index (χ1n) is 5.08. The molecule has 1 aliphatic rings. The van der Waals surface area contributed by atoms with Gasteiger partial charge < -0.3 is 20.1 Å². The normalized spacial score (nSPS) is 13.2. The molecule has 1 aromatic carbocycles. The van der Waals surface area contributed by atoms with Crippen molar-refractivity contribution in [1.29, 1.82) is 0 Å². The van der Waals surface area contributed by atoms with E-state index in [4.69, 9.17) is 5.11 Å². The first kappa shape index (κ1) is 10.8. The van der Waals surface area contributed by atoms with Crippen LogP contribution < -0.4 is 10.2 Å². The predicted molar refractivity (Wildman–Crippen MR) is 60.7 cm³/mol. The number of aliphatic hydroxyl groups is 1. The zero-order valence-electron chi connectivity index (χ0n) is 9.06. The molecule has 2 rings (SSSR count). The summed E-state index contributed by atoms with van der Waals surface area (Å²) in [5.41, 5.74) is 2.42. The van der Waals surface area contributed by atoms with Crippen LogP contribution in [0.5, 0.6) is 0 Å². The van der Waals surface area contributed by atoms with E-state index in [1.807, 2.05) is 11.0 Å².